The maximum Gasteiger partial charge on any atom is 0.409 e. The molecule has 3 fully saturated rings. The molecule has 3 rings (SSSR count). The molecule has 1 aliphatic carbocycles. The van der Waals surface area contributed by atoms with Crippen LogP contribution in [0.5, 0.6) is 0 Å². The highest BCUT2D eigenvalue weighted by molar-refractivity contribution is 5.81. The van der Waals surface area contributed by atoms with Crippen molar-refractivity contribution >= 4 is 12.0 Å². The number of piperazine rings is 1. The Morgan fingerprint density at radius 1 is 0.909 bits per heavy atom. The first kappa shape index (κ1) is 15.6. The summed E-state index contributed by atoms with van der Waals surface area (Å²) in [5.74, 6) is 0.705. The zero-order chi connectivity index (χ0) is 15.5. The monoisotopic (exact) mass is 309 g/mol. The Bertz CT molecular complexity index is 409. The van der Waals surface area contributed by atoms with Gasteiger partial charge in [-0.2, -0.15) is 0 Å². The van der Waals surface area contributed by atoms with Crippen molar-refractivity contribution in [1.82, 2.24) is 14.7 Å². The minimum absolute atomic E-state index is 0.180. The Hall–Kier alpha value is -1.30. The second kappa shape index (κ2) is 6.86. The zero-order valence-corrected chi connectivity index (χ0v) is 13.5. The van der Waals surface area contributed by atoms with Gasteiger partial charge in [-0.25, -0.2) is 4.79 Å². The molecule has 0 aromatic heterocycles. The van der Waals surface area contributed by atoms with E-state index in [-0.39, 0.29) is 6.09 Å². The predicted octanol–water partition coefficient (Wildman–Crippen LogP) is 1.16. The lowest BCUT2D eigenvalue weighted by molar-refractivity contribution is -0.134. The van der Waals surface area contributed by atoms with Gasteiger partial charge in [-0.1, -0.05) is 0 Å². The first-order chi connectivity index (χ1) is 10.7. The first-order valence-corrected chi connectivity index (χ1v) is 8.63. The molecule has 3 aliphatic rings. The number of nitrogens with zero attached hydrogens (tertiary/aromatic N) is 3. The number of carbonyl (C=O) groups excluding carboxylic acids is 2. The second-order valence-corrected chi connectivity index (χ2v) is 6.55. The normalized spacial score (nSPS) is 24.4. The van der Waals surface area contributed by atoms with E-state index in [0.29, 0.717) is 24.5 Å². The predicted molar refractivity (Wildman–Crippen MR) is 82.5 cm³/mol. The van der Waals surface area contributed by atoms with E-state index in [1.807, 2.05) is 16.7 Å². The quantitative estimate of drug-likeness (QED) is 0.785. The van der Waals surface area contributed by atoms with Crippen molar-refractivity contribution in [3.05, 3.63) is 0 Å². The molecule has 0 spiro atoms. The molecule has 0 N–H and O–H groups in total. The van der Waals surface area contributed by atoms with Crippen molar-refractivity contribution < 1.29 is 14.3 Å². The lowest BCUT2D eigenvalue weighted by Crippen LogP contribution is -2.55. The van der Waals surface area contributed by atoms with Crippen molar-refractivity contribution in [2.75, 3.05) is 45.9 Å². The standard InChI is InChI=1S/C16H27N3O3/c1-2-22-16(21)19-7-5-14(6-8-19)17-9-11-18(12-10-17)15(20)13-3-4-13/h13-14H,2-12H2,1H3. The van der Waals surface area contributed by atoms with Gasteiger partial charge in [0.25, 0.3) is 0 Å². The molecular weight excluding hydrogens is 282 g/mol. The van der Waals surface area contributed by atoms with Crippen LogP contribution in [0.4, 0.5) is 4.79 Å². The fourth-order valence-corrected chi connectivity index (χ4v) is 3.52. The number of piperidine rings is 1. The van der Waals surface area contributed by atoms with Gasteiger partial charge in [0.2, 0.25) is 5.91 Å². The number of ether oxygens (including phenoxy) is 1. The highest BCUT2D eigenvalue weighted by Gasteiger charge is 2.36. The van der Waals surface area contributed by atoms with Gasteiger partial charge in [0.05, 0.1) is 6.61 Å². The van der Waals surface area contributed by atoms with Gasteiger partial charge in [-0.05, 0) is 32.6 Å². The van der Waals surface area contributed by atoms with Crippen LogP contribution in [0.15, 0.2) is 0 Å². The summed E-state index contributed by atoms with van der Waals surface area (Å²) >= 11 is 0. The van der Waals surface area contributed by atoms with Crippen molar-refractivity contribution in [2.45, 2.75) is 38.6 Å². The van der Waals surface area contributed by atoms with E-state index in [4.69, 9.17) is 4.74 Å². The van der Waals surface area contributed by atoms with Gasteiger partial charge in [-0.3, -0.25) is 9.69 Å². The zero-order valence-electron chi connectivity index (χ0n) is 13.5. The summed E-state index contributed by atoms with van der Waals surface area (Å²) < 4.78 is 5.06. The van der Waals surface area contributed by atoms with Crippen LogP contribution in [0, 0.1) is 5.92 Å². The highest BCUT2D eigenvalue weighted by Crippen LogP contribution is 2.31. The van der Waals surface area contributed by atoms with Gasteiger partial charge in [0.1, 0.15) is 0 Å². The van der Waals surface area contributed by atoms with Gasteiger partial charge in [0.15, 0.2) is 0 Å². The number of rotatable bonds is 3. The summed E-state index contributed by atoms with van der Waals surface area (Å²) in [6.07, 6.45) is 4.02. The molecule has 0 aromatic carbocycles. The lowest BCUT2D eigenvalue weighted by Gasteiger charge is -2.42. The lowest BCUT2D eigenvalue weighted by atomic mass is 10.0. The van der Waals surface area contributed by atoms with Crippen LogP contribution in [0.3, 0.4) is 0 Å². The third-order valence-corrected chi connectivity index (χ3v) is 5.06. The van der Waals surface area contributed by atoms with Crippen LogP contribution in [0.2, 0.25) is 0 Å². The maximum absolute atomic E-state index is 12.1. The summed E-state index contributed by atoms with van der Waals surface area (Å²) in [4.78, 5) is 30.1. The van der Waals surface area contributed by atoms with Crippen LogP contribution < -0.4 is 0 Å². The molecule has 2 amide bonds. The number of likely N-dealkylation sites (tertiary alicyclic amines) is 1. The van der Waals surface area contributed by atoms with Gasteiger partial charge in [-0.15, -0.1) is 0 Å². The third-order valence-electron chi connectivity index (χ3n) is 5.06. The largest absolute Gasteiger partial charge is 0.450 e. The smallest absolute Gasteiger partial charge is 0.409 e. The molecule has 0 atom stereocenters. The van der Waals surface area contributed by atoms with E-state index in [1.165, 1.54) is 0 Å². The molecule has 0 aromatic rings. The first-order valence-electron chi connectivity index (χ1n) is 8.63. The summed E-state index contributed by atoms with van der Waals surface area (Å²) in [5, 5.41) is 0. The van der Waals surface area contributed by atoms with Crippen LogP contribution in [-0.4, -0.2) is 78.6 Å². The Morgan fingerprint density at radius 2 is 1.55 bits per heavy atom. The van der Waals surface area contributed by atoms with Crippen molar-refractivity contribution in [2.24, 2.45) is 5.92 Å². The number of carbonyl (C=O) groups is 2. The van der Waals surface area contributed by atoms with Gasteiger partial charge >= 0.3 is 6.09 Å². The van der Waals surface area contributed by atoms with Crippen LogP contribution in [0.25, 0.3) is 0 Å². The van der Waals surface area contributed by atoms with Crippen molar-refractivity contribution in [3.63, 3.8) is 0 Å². The SMILES string of the molecule is CCOC(=O)N1CCC(N2CCN(C(=O)C3CC3)CC2)CC1. The van der Waals surface area contributed by atoms with Gasteiger partial charge < -0.3 is 14.5 Å². The molecule has 2 saturated heterocycles. The second-order valence-electron chi connectivity index (χ2n) is 6.55. The average Bonchev–Trinajstić information content (AvgIpc) is 3.40. The van der Waals surface area contributed by atoms with Crippen LogP contribution in [-0.2, 0) is 9.53 Å². The molecular formula is C16H27N3O3. The highest BCUT2D eigenvalue weighted by atomic mass is 16.6. The fraction of sp³-hybridized carbons (Fsp3) is 0.875. The molecule has 2 heterocycles. The molecule has 1 saturated carbocycles. The molecule has 2 aliphatic heterocycles. The fourth-order valence-electron chi connectivity index (χ4n) is 3.52. The third kappa shape index (κ3) is 3.54. The Kier molecular flexibility index (Phi) is 4.86. The van der Waals surface area contributed by atoms with E-state index in [9.17, 15) is 9.59 Å². The molecule has 6 nitrogen and oxygen atoms in total. The summed E-state index contributed by atoms with van der Waals surface area (Å²) in [6, 6.07) is 0.545. The topological polar surface area (TPSA) is 53.1 Å². The van der Waals surface area contributed by atoms with E-state index in [0.717, 1.165) is 65.0 Å². The van der Waals surface area contributed by atoms with E-state index in [1.54, 1.807) is 0 Å². The minimum atomic E-state index is -0.180. The maximum atomic E-state index is 12.1. The number of hydrogen-bond donors (Lipinski definition) is 0. The molecule has 124 valence electrons. The number of amides is 2. The molecule has 0 unspecified atom stereocenters. The van der Waals surface area contributed by atoms with E-state index < -0.39 is 0 Å². The Balaban J connectivity index is 1.41. The molecule has 0 radical (unpaired) electrons. The molecule has 0 bridgehead atoms. The summed E-state index contributed by atoms with van der Waals surface area (Å²) in [7, 11) is 0. The van der Waals surface area contributed by atoms with Crippen LogP contribution in [0.1, 0.15) is 32.6 Å². The van der Waals surface area contributed by atoms with Gasteiger partial charge in [0, 0.05) is 51.2 Å². The average molecular weight is 309 g/mol. The minimum Gasteiger partial charge on any atom is -0.450 e. The Labute approximate surface area is 132 Å². The molecule has 6 heteroatoms. The van der Waals surface area contributed by atoms with E-state index >= 15 is 0 Å². The summed E-state index contributed by atoms with van der Waals surface area (Å²) in [5.41, 5.74) is 0. The van der Waals surface area contributed by atoms with Crippen molar-refractivity contribution in [3.8, 4) is 0 Å². The van der Waals surface area contributed by atoms with E-state index in [2.05, 4.69) is 4.90 Å². The molecule has 22 heavy (non-hydrogen) atoms. The van der Waals surface area contributed by atoms with Crippen LogP contribution >= 0.6 is 0 Å². The van der Waals surface area contributed by atoms with Crippen molar-refractivity contribution in [1.29, 1.82) is 0 Å². The Morgan fingerprint density at radius 3 is 2.09 bits per heavy atom. The number of hydrogen-bond acceptors (Lipinski definition) is 4. The summed E-state index contributed by atoms with van der Waals surface area (Å²) in [6.45, 7) is 7.53.